The molecular weight excluding hydrogens is 728 g/mol. The Balaban J connectivity index is 1.03. The van der Waals surface area contributed by atoms with Crippen molar-refractivity contribution in [3.05, 3.63) is 108 Å². The van der Waals surface area contributed by atoms with Crippen LogP contribution < -0.4 is 0 Å². The highest BCUT2D eigenvalue weighted by molar-refractivity contribution is 5.47. The fourth-order valence-corrected chi connectivity index (χ4v) is 5.91. The van der Waals surface area contributed by atoms with Gasteiger partial charge in [-0.15, -0.1) is 0 Å². The first-order valence-corrected chi connectivity index (χ1v) is 21.0. The maximum atomic E-state index is 6.74. The molecule has 0 radical (unpaired) electrons. The summed E-state index contributed by atoms with van der Waals surface area (Å²) in [5, 5.41) is 0. The Kier molecular flexibility index (Phi) is 30.0. The van der Waals surface area contributed by atoms with Crippen LogP contribution in [0.5, 0.6) is 0 Å². The topological polar surface area (TPSA) is 102 Å². The Morgan fingerprint density at radius 1 is 0.281 bits per heavy atom. The van der Waals surface area contributed by atoms with Gasteiger partial charge in [0.25, 0.3) is 0 Å². The van der Waals surface area contributed by atoms with E-state index in [1.807, 2.05) is 54.6 Å². The lowest BCUT2D eigenvalue weighted by atomic mass is 9.80. The second-order valence-electron chi connectivity index (χ2n) is 13.2. The molecule has 0 aromatic heterocycles. The third-order valence-electron chi connectivity index (χ3n) is 8.83. The van der Waals surface area contributed by atoms with Crippen LogP contribution in [0, 0.1) is 0 Å². The Hall–Kier alpha value is -2.78. The van der Waals surface area contributed by atoms with Gasteiger partial charge >= 0.3 is 0 Å². The van der Waals surface area contributed by atoms with Crippen molar-refractivity contribution < 1.29 is 52.1 Å². The van der Waals surface area contributed by atoms with Crippen LogP contribution in [0.15, 0.2) is 91.0 Å². The summed E-state index contributed by atoms with van der Waals surface area (Å²) in [4.78, 5) is 0. The predicted molar refractivity (Wildman–Crippen MR) is 222 cm³/mol. The van der Waals surface area contributed by atoms with E-state index in [4.69, 9.17) is 52.1 Å². The summed E-state index contributed by atoms with van der Waals surface area (Å²) in [6.07, 6.45) is 6.27. The molecule has 0 atom stereocenters. The lowest BCUT2D eigenvalue weighted by molar-refractivity contribution is -0.0399. The van der Waals surface area contributed by atoms with Crippen LogP contribution >= 0.6 is 0 Å². The van der Waals surface area contributed by atoms with E-state index in [1.54, 1.807) is 0 Å². The molecule has 320 valence electrons. The first kappa shape index (κ1) is 48.6. The minimum Gasteiger partial charge on any atom is -0.379 e. The second kappa shape index (κ2) is 35.2. The Morgan fingerprint density at radius 2 is 0.526 bits per heavy atom. The molecule has 0 amide bonds. The van der Waals surface area contributed by atoms with E-state index in [2.05, 4.69) is 43.3 Å². The Morgan fingerprint density at radius 3 is 0.807 bits per heavy atom. The molecule has 0 aliphatic heterocycles. The van der Waals surface area contributed by atoms with Crippen LogP contribution in [0.25, 0.3) is 0 Å². The molecule has 3 rings (SSSR count). The van der Waals surface area contributed by atoms with E-state index >= 15 is 0 Å². The van der Waals surface area contributed by atoms with Crippen LogP contribution in [0.4, 0.5) is 0 Å². The summed E-state index contributed by atoms with van der Waals surface area (Å²) in [5.74, 6) is 0. The highest BCUT2D eigenvalue weighted by Crippen LogP contribution is 2.40. The number of benzene rings is 3. The Bertz CT molecular complexity index is 1170. The average molecular weight is 799 g/mol. The summed E-state index contributed by atoms with van der Waals surface area (Å²) in [7, 11) is 0. The maximum absolute atomic E-state index is 6.74. The van der Waals surface area contributed by atoms with E-state index < -0.39 is 5.60 Å². The fraction of sp³-hybridized carbons (Fsp3) is 0.609. The number of unbranched alkanes of at least 4 members (excludes halogenated alkanes) is 4. The highest BCUT2D eigenvalue weighted by atomic mass is 16.6. The lowest BCUT2D eigenvalue weighted by Crippen LogP contribution is -2.34. The summed E-state index contributed by atoms with van der Waals surface area (Å²) < 4.78 is 62.6. The molecule has 0 spiro atoms. The molecular formula is C46H70O11. The van der Waals surface area contributed by atoms with Crippen molar-refractivity contribution in [2.75, 3.05) is 139 Å². The zero-order chi connectivity index (χ0) is 40.0. The van der Waals surface area contributed by atoms with Gasteiger partial charge in [-0.25, -0.2) is 0 Å². The molecule has 0 fully saturated rings. The molecule has 0 unspecified atom stereocenters. The van der Waals surface area contributed by atoms with Gasteiger partial charge in [0.15, 0.2) is 0 Å². The third-order valence-corrected chi connectivity index (χ3v) is 8.83. The summed E-state index contributed by atoms with van der Waals surface area (Å²) in [5.41, 5.74) is 2.46. The van der Waals surface area contributed by atoms with Crippen LogP contribution in [0.3, 0.4) is 0 Å². The number of hydrogen-bond donors (Lipinski definition) is 0. The monoisotopic (exact) mass is 798 g/mol. The van der Waals surface area contributed by atoms with Gasteiger partial charge in [-0.2, -0.15) is 0 Å². The Labute approximate surface area is 342 Å². The van der Waals surface area contributed by atoms with Crippen molar-refractivity contribution >= 4 is 0 Å². The van der Waals surface area contributed by atoms with Crippen LogP contribution in [-0.2, 0) is 57.7 Å². The summed E-state index contributed by atoms with van der Waals surface area (Å²) in [6.45, 7) is 13.4. The average Bonchev–Trinajstić information content (AvgIpc) is 3.26. The third kappa shape index (κ3) is 22.8. The smallest absolute Gasteiger partial charge is 0.143 e. The van der Waals surface area contributed by atoms with Crippen molar-refractivity contribution in [1.82, 2.24) is 0 Å². The maximum Gasteiger partial charge on any atom is 0.143 e. The standard InChI is InChI=1S/C46H70O11/c1-2-3-4-5-15-22-47-23-24-48-25-26-49-27-28-50-29-30-51-31-32-52-33-34-53-35-36-54-37-38-55-39-40-56-41-42-57-46(43-16-9-6-10-17-43,44-18-11-7-12-19-44)45-20-13-8-14-21-45/h6-14,16-21H,2-5,15,22-42H2,1H3. The second-order valence-corrected chi connectivity index (χ2v) is 13.2. The van der Waals surface area contributed by atoms with Crippen molar-refractivity contribution in [3.63, 3.8) is 0 Å². The van der Waals surface area contributed by atoms with Gasteiger partial charge in [0.2, 0.25) is 0 Å². The zero-order valence-corrected chi connectivity index (χ0v) is 34.5. The van der Waals surface area contributed by atoms with Crippen molar-refractivity contribution in [2.24, 2.45) is 0 Å². The van der Waals surface area contributed by atoms with Gasteiger partial charge in [0.05, 0.1) is 132 Å². The summed E-state index contributed by atoms with van der Waals surface area (Å²) >= 11 is 0. The molecule has 0 saturated carbocycles. The molecule has 11 heteroatoms. The quantitative estimate of drug-likeness (QED) is 0.0434. The molecule has 0 N–H and O–H groups in total. The largest absolute Gasteiger partial charge is 0.379 e. The fourth-order valence-electron chi connectivity index (χ4n) is 5.91. The zero-order valence-electron chi connectivity index (χ0n) is 34.5. The molecule has 0 saturated heterocycles. The molecule has 57 heavy (non-hydrogen) atoms. The molecule has 3 aromatic carbocycles. The molecule has 3 aromatic rings. The molecule has 11 nitrogen and oxygen atoms in total. The van der Waals surface area contributed by atoms with Crippen LogP contribution in [0.1, 0.15) is 55.7 Å². The number of ether oxygens (including phenoxy) is 11. The van der Waals surface area contributed by atoms with Crippen molar-refractivity contribution in [2.45, 2.75) is 44.6 Å². The van der Waals surface area contributed by atoms with Gasteiger partial charge in [-0.1, -0.05) is 124 Å². The van der Waals surface area contributed by atoms with Gasteiger partial charge in [-0.3, -0.25) is 0 Å². The van der Waals surface area contributed by atoms with Gasteiger partial charge in [-0.05, 0) is 23.1 Å². The lowest BCUT2D eigenvalue weighted by Gasteiger charge is -2.36. The normalized spacial score (nSPS) is 11.7. The minimum atomic E-state index is -0.750. The van der Waals surface area contributed by atoms with Crippen LogP contribution in [-0.4, -0.2) is 139 Å². The predicted octanol–water partition coefficient (Wildman–Crippen LogP) is 7.13. The summed E-state index contributed by atoms with van der Waals surface area (Å²) in [6, 6.07) is 31.0. The van der Waals surface area contributed by atoms with Gasteiger partial charge in [0, 0.05) is 6.61 Å². The molecule has 0 heterocycles. The van der Waals surface area contributed by atoms with E-state index in [9.17, 15) is 0 Å². The van der Waals surface area contributed by atoms with Gasteiger partial charge in [0.1, 0.15) is 5.60 Å². The number of hydrogen-bond acceptors (Lipinski definition) is 11. The van der Waals surface area contributed by atoms with Crippen molar-refractivity contribution in [1.29, 1.82) is 0 Å². The van der Waals surface area contributed by atoms with E-state index in [-0.39, 0.29) is 0 Å². The minimum absolute atomic E-state index is 0.418. The molecule has 0 bridgehead atoms. The highest BCUT2D eigenvalue weighted by Gasteiger charge is 2.37. The molecule has 0 aliphatic rings. The van der Waals surface area contributed by atoms with Gasteiger partial charge < -0.3 is 52.1 Å². The van der Waals surface area contributed by atoms with Crippen LogP contribution in [0.2, 0.25) is 0 Å². The first-order valence-electron chi connectivity index (χ1n) is 21.0. The van der Waals surface area contributed by atoms with E-state index in [0.717, 1.165) is 29.7 Å². The van der Waals surface area contributed by atoms with E-state index in [0.29, 0.717) is 132 Å². The molecule has 0 aliphatic carbocycles. The first-order chi connectivity index (χ1) is 28.4. The van der Waals surface area contributed by atoms with Crippen molar-refractivity contribution in [3.8, 4) is 0 Å². The SMILES string of the molecule is CCCCCCCOCCOCCOCCOCCOCCOCCOCCOCCOCCOCCOC(c1ccccc1)(c1ccccc1)c1ccccc1. The van der Waals surface area contributed by atoms with E-state index in [1.165, 1.54) is 25.7 Å². The number of rotatable bonds is 40.